The van der Waals surface area contributed by atoms with Gasteiger partial charge in [-0.1, -0.05) is 0 Å². The van der Waals surface area contributed by atoms with E-state index in [1.165, 1.54) is 5.70 Å². The lowest BCUT2D eigenvalue weighted by atomic mass is 10.4. The molecule has 0 aromatic rings. The van der Waals surface area contributed by atoms with Crippen LogP contribution in [0.4, 0.5) is 0 Å². The molecule has 0 aromatic carbocycles. The summed E-state index contributed by atoms with van der Waals surface area (Å²) >= 11 is 1.76. The van der Waals surface area contributed by atoms with Crippen molar-refractivity contribution < 1.29 is 5.11 Å². The van der Waals surface area contributed by atoms with Crippen LogP contribution in [0.3, 0.4) is 0 Å². The van der Waals surface area contributed by atoms with Crippen molar-refractivity contribution in [1.29, 1.82) is 0 Å². The third kappa shape index (κ3) is 2.60. The van der Waals surface area contributed by atoms with Gasteiger partial charge in [0.05, 0.1) is 12.0 Å². The van der Waals surface area contributed by atoms with Gasteiger partial charge in [-0.3, -0.25) is 0 Å². The number of allylic oxidation sites excluding steroid dienone is 1. The lowest BCUT2D eigenvalue weighted by molar-refractivity contribution is 0.321. The molecule has 0 spiro atoms. The monoisotopic (exact) mass is 188 g/mol. The summed E-state index contributed by atoms with van der Waals surface area (Å²) in [7, 11) is 2.08. The predicted molar refractivity (Wildman–Crippen MR) is 52.9 cm³/mol. The van der Waals surface area contributed by atoms with E-state index in [1.54, 1.807) is 11.8 Å². The highest BCUT2D eigenvalue weighted by molar-refractivity contribution is 7.99. The number of aliphatic hydroxyl groups is 1. The van der Waals surface area contributed by atoms with Gasteiger partial charge >= 0.3 is 0 Å². The molecule has 1 aliphatic heterocycles. The fraction of sp³-hybridized carbons (Fsp3) is 0.750. The predicted octanol–water partition coefficient (Wildman–Crippen LogP) is 0.434. The summed E-state index contributed by atoms with van der Waals surface area (Å²) in [6, 6.07) is 0. The Hall–Kier alpha value is -0.350. The van der Waals surface area contributed by atoms with Gasteiger partial charge in [0.25, 0.3) is 0 Å². The molecular formula is C8H16N2OS. The first-order chi connectivity index (χ1) is 5.74. The van der Waals surface area contributed by atoms with Crippen molar-refractivity contribution in [3.63, 3.8) is 0 Å². The van der Waals surface area contributed by atoms with Crippen LogP contribution >= 0.6 is 11.8 Å². The minimum Gasteiger partial charge on any atom is -0.396 e. The molecule has 0 aromatic heterocycles. The van der Waals surface area contributed by atoms with Crippen molar-refractivity contribution >= 4 is 11.8 Å². The van der Waals surface area contributed by atoms with E-state index in [-0.39, 0.29) is 6.61 Å². The molecule has 0 radical (unpaired) electrons. The van der Waals surface area contributed by atoms with Crippen molar-refractivity contribution in [2.24, 2.45) is 0 Å². The second-order valence-corrected chi connectivity index (χ2v) is 4.23. The fourth-order valence-electron chi connectivity index (χ4n) is 1.06. The van der Waals surface area contributed by atoms with Crippen LogP contribution in [-0.2, 0) is 0 Å². The van der Waals surface area contributed by atoms with Gasteiger partial charge in [0.2, 0.25) is 0 Å². The summed E-state index contributed by atoms with van der Waals surface area (Å²) in [6.07, 6.45) is 2.03. The van der Waals surface area contributed by atoms with E-state index in [0.29, 0.717) is 5.37 Å². The van der Waals surface area contributed by atoms with Gasteiger partial charge in [-0.15, -0.1) is 11.8 Å². The van der Waals surface area contributed by atoms with Crippen LogP contribution in [0.1, 0.15) is 6.92 Å². The Balaban J connectivity index is 2.32. The molecule has 12 heavy (non-hydrogen) atoms. The first-order valence-corrected chi connectivity index (χ1v) is 5.15. The zero-order valence-corrected chi connectivity index (χ0v) is 8.40. The normalized spacial score (nSPS) is 23.4. The first-order valence-electron chi connectivity index (χ1n) is 4.10. The fourth-order valence-corrected chi connectivity index (χ4v) is 1.95. The van der Waals surface area contributed by atoms with Gasteiger partial charge in [0.15, 0.2) is 0 Å². The number of hydrogen-bond donors (Lipinski definition) is 2. The molecule has 0 aliphatic carbocycles. The van der Waals surface area contributed by atoms with E-state index in [1.807, 2.05) is 6.20 Å². The molecule has 0 bridgehead atoms. The Morgan fingerprint density at radius 2 is 2.58 bits per heavy atom. The van der Waals surface area contributed by atoms with E-state index in [0.717, 1.165) is 12.3 Å². The van der Waals surface area contributed by atoms with Crippen LogP contribution < -0.4 is 5.32 Å². The van der Waals surface area contributed by atoms with Gasteiger partial charge in [-0.05, 0) is 6.92 Å². The molecule has 4 heteroatoms. The number of aliphatic hydroxyl groups excluding tert-OH is 1. The standard InChI is InChI=1S/C8H16N2OS/c1-7-5-9-8(6-10(7)2)12-4-3-11/h5,8-9,11H,3-4,6H2,1-2H3. The average molecular weight is 188 g/mol. The first kappa shape index (κ1) is 9.74. The van der Waals surface area contributed by atoms with E-state index < -0.39 is 0 Å². The van der Waals surface area contributed by atoms with Crippen LogP contribution in [-0.4, -0.2) is 41.3 Å². The Bertz CT molecular complexity index is 172. The van der Waals surface area contributed by atoms with Gasteiger partial charge in [-0.2, -0.15) is 0 Å². The maximum Gasteiger partial charge on any atom is 0.0895 e. The van der Waals surface area contributed by atoms with Crippen LogP contribution in [0.5, 0.6) is 0 Å². The van der Waals surface area contributed by atoms with E-state index in [2.05, 4.69) is 24.2 Å². The second-order valence-electron chi connectivity index (χ2n) is 2.92. The third-order valence-electron chi connectivity index (χ3n) is 1.93. The molecule has 1 heterocycles. The molecule has 0 amide bonds. The number of thioether (sulfide) groups is 1. The molecule has 1 unspecified atom stereocenters. The van der Waals surface area contributed by atoms with Crippen LogP contribution in [0.2, 0.25) is 0 Å². The Morgan fingerprint density at radius 3 is 3.17 bits per heavy atom. The summed E-state index contributed by atoms with van der Waals surface area (Å²) in [4.78, 5) is 2.21. The topological polar surface area (TPSA) is 35.5 Å². The van der Waals surface area contributed by atoms with E-state index in [9.17, 15) is 0 Å². The number of nitrogens with one attached hydrogen (secondary N) is 1. The lowest BCUT2D eigenvalue weighted by Crippen LogP contribution is -2.39. The van der Waals surface area contributed by atoms with Crippen molar-refractivity contribution in [1.82, 2.24) is 10.2 Å². The van der Waals surface area contributed by atoms with Crippen molar-refractivity contribution in [2.75, 3.05) is 26.0 Å². The SMILES string of the molecule is CC1=CNC(SCCO)CN1C. The van der Waals surface area contributed by atoms with E-state index >= 15 is 0 Å². The highest BCUT2D eigenvalue weighted by Crippen LogP contribution is 2.15. The molecule has 0 saturated heterocycles. The molecule has 0 fully saturated rings. The lowest BCUT2D eigenvalue weighted by Gasteiger charge is -2.31. The quantitative estimate of drug-likeness (QED) is 0.673. The van der Waals surface area contributed by atoms with Crippen molar-refractivity contribution in [2.45, 2.75) is 12.3 Å². The number of hydrogen-bond acceptors (Lipinski definition) is 4. The maximum absolute atomic E-state index is 8.64. The van der Waals surface area contributed by atoms with Crippen molar-refractivity contribution in [3.8, 4) is 0 Å². The summed E-state index contributed by atoms with van der Waals surface area (Å²) in [5.74, 6) is 0.804. The number of rotatable bonds is 3. The van der Waals surface area contributed by atoms with Crippen LogP contribution in [0.25, 0.3) is 0 Å². The highest BCUT2D eigenvalue weighted by Gasteiger charge is 2.14. The molecule has 1 atom stereocenters. The molecule has 70 valence electrons. The van der Waals surface area contributed by atoms with Gasteiger partial charge in [-0.25, -0.2) is 0 Å². The van der Waals surface area contributed by atoms with Crippen LogP contribution in [0.15, 0.2) is 11.9 Å². The summed E-state index contributed by atoms with van der Waals surface area (Å²) < 4.78 is 0. The number of likely N-dealkylation sites (N-methyl/N-ethyl adjacent to an activating group) is 1. The molecule has 0 saturated carbocycles. The summed E-state index contributed by atoms with van der Waals surface area (Å²) in [5.41, 5.74) is 1.26. The minimum atomic E-state index is 0.259. The molecule has 1 rings (SSSR count). The maximum atomic E-state index is 8.64. The van der Waals surface area contributed by atoms with Crippen molar-refractivity contribution in [3.05, 3.63) is 11.9 Å². The van der Waals surface area contributed by atoms with Crippen LogP contribution in [0, 0.1) is 0 Å². The van der Waals surface area contributed by atoms with E-state index in [4.69, 9.17) is 5.11 Å². The smallest absolute Gasteiger partial charge is 0.0895 e. The zero-order valence-electron chi connectivity index (χ0n) is 7.58. The average Bonchev–Trinajstić information content (AvgIpc) is 2.07. The minimum absolute atomic E-state index is 0.259. The molecular weight excluding hydrogens is 172 g/mol. The number of nitrogens with zero attached hydrogens (tertiary/aromatic N) is 1. The summed E-state index contributed by atoms with van der Waals surface area (Å²) in [5, 5.41) is 12.3. The molecule has 3 nitrogen and oxygen atoms in total. The summed E-state index contributed by atoms with van der Waals surface area (Å²) in [6.45, 7) is 3.35. The Labute approximate surface area is 77.8 Å². The Morgan fingerprint density at radius 1 is 1.83 bits per heavy atom. The van der Waals surface area contributed by atoms with Gasteiger partial charge < -0.3 is 15.3 Å². The second kappa shape index (κ2) is 4.62. The molecule has 2 N–H and O–H groups in total. The molecule has 1 aliphatic rings. The zero-order chi connectivity index (χ0) is 8.97. The third-order valence-corrected chi connectivity index (χ3v) is 3.04. The largest absolute Gasteiger partial charge is 0.396 e. The van der Waals surface area contributed by atoms with Gasteiger partial charge in [0.1, 0.15) is 0 Å². The Kier molecular flexibility index (Phi) is 3.75. The van der Waals surface area contributed by atoms with Gasteiger partial charge in [0, 0.05) is 31.2 Å². The highest BCUT2D eigenvalue weighted by atomic mass is 32.2.